The van der Waals surface area contributed by atoms with Crippen LogP contribution in [0, 0.1) is 0 Å². The van der Waals surface area contributed by atoms with E-state index in [0.717, 1.165) is 89.1 Å². The lowest BCUT2D eigenvalue weighted by atomic mass is 9.91. The van der Waals surface area contributed by atoms with Crippen LogP contribution in [-0.2, 0) is 0 Å². The van der Waals surface area contributed by atoms with E-state index in [1.165, 1.54) is 10.8 Å². The van der Waals surface area contributed by atoms with Gasteiger partial charge in [-0.05, 0) is 39.4 Å². The Morgan fingerprint density at radius 3 is 1.42 bits per heavy atom. The topological polar surface area (TPSA) is 43.1 Å². The highest BCUT2D eigenvalue weighted by atomic mass is 15.2. The number of hydrogen-bond acceptors (Lipinski definition) is 3. The van der Waals surface area contributed by atoms with Crippen LogP contribution >= 0.6 is 0 Å². The molecule has 0 aliphatic heterocycles. The number of hydrogen-bond donors (Lipinski definition) is 0. The number of benzene rings is 8. The molecule has 3 heterocycles. The van der Waals surface area contributed by atoms with E-state index < -0.39 is 0 Å². The minimum Gasteiger partial charge on any atom is -0.231 e. The van der Waals surface area contributed by atoms with Crippen LogP contribution in [0.5, 0.6) is 0 Å². The van der Waals surface area contributed by atoms with E-state index in [1.54, 1.807) is 0 Å². The SMILES string of the molecule is c1ccc(-c2cc(-c3ccccc3)nc(-c3ccc(-c4c(-c5ccccc5)n5nc(-c6ccc7ccccc7c6)c(-c6ccccc6)c5c5ccccc45)cc3)n2)cc1. The molecule has 4 nitrogen and oxygen atoms in total. The lowest BCUT2D eigenvalue weighted by Gasteiger charge is -2.18. The summed E-state index contributed by atoms with van der Waals surface area (Å²) < 4.78 is 2.20. The summed E-state index contributed by atoms with van der Waals surface area (Å²) in [5, 5.41) is 10.3. The van der Waals surface area contributed by atoms with Crippen molar-refractivity contribution in [2.75, 3.05) is 0 Å². The molecule has 11 rings (SSSR count). The van der Waals surface area contributed by atoms with Gasteiger partial charge in [-0.15, -0.1) is 0 Å². The predicted molar refractivity (Wildman–Crippen MR) is 244 cm³/mol. The van der Waals surface area contributed by atoms with E-state index in [1.807, 2.05) is 36.4 Å². The molecular formula is C55H36N4. The van der Waals surface area contributed by atoms with Crippen molar-refractivity contribution >= 4 is 27.1 Å². The molecule has 0 atom stereocenters. The molecule has 0 aliphatic carbocycles. The fourth-order valence-electron chi connectivity index (χ4n) is 8.42. The molecule has 4 heteroatoms. The monoisotopic (exact) mass is 752 g/mol. The summed E-state index contributed by atoms with van der Waals surface area (Å²) in [5.74, 6) is 0.681. The highest BCUT2D eigenvalue weighted by Gasteiger charge is 2.25. The molecule has 0 spiro atoms. The first-order chi connectivity index (χ1) is 29.3. The maximum absolute atomic E-state index is 5.62. The Morgan fingerprint density at radius 1 is 0.322 bits per heavy atom. The van der Waals surface area contributed by atoms with E-state index in [4.69, 9.17) is 15.1 Å². The van der Waals surface area contributed by atoms with Gasteiger partial charge in [-0.25, -0.2) is 14.5 Å². The van der Waals surface area contributed by atoms with Gasteiger partial charge in [0.2, 0.25) is 0 Å². The van der Waals surface area contributed by atoms with Gasteiger partial charge in [0.25, 0.3) is 0 Å². The molecule has 0 unspecified atom stereocenters. The molecule has 276 valence electrons. The summed E-state index contributed by atoms with van der Waals surface area (Å²) in [6.45, 7) is 0. The summed E-state index contributed by atoms with van der Waals surface area (Å²) in [5.41, 5.74) is 14.5. The van der Waals surface area contributed by atoms with Gasteiger partial charge in [0, 0.05) is 44.3 Å². The smallest absolute Gasteiger partial charge is 0.160 e. The summed E-state index contributed by atoms with van der Waals surface area (Å²) in [6.07, 6.45) is 0. The normalized spacial score (nSPS) is 11.4. The van der Waals surface area contributed by atoms with Crippen LogP contribution in [0.15, 0.2) is 218 Å². The molecule has 0 fully saturated rings. The molecule has 8 aromatic carbocycles. The lowest BCUT2D eigenvalue weighted by molar-refractivity contribution is 0.981. The third-order valence-corrected chi connectivity index (χ3v) is 11.2. The second-order valence-corrected chi connectivity index (χ2v) is 14.8. The van der Waals surface area contributed by atoms with E-state index in [0.29, 0.717) is 5.82 Å². The minimum atomic E-state index is 0.681. The van der Waals surface area contributed by atoms with Crippen molar-refractivity contribution in [1.29, 1.82) is 0 Å². The maximum Gasteiger partial charge on any atom is 0.160 e. The van der Waals surface area contributed by atoms with Gasteiger partial charge in [0.15, 0.2) is 5.82 Å². The van der Waals surface area contributed by atoms with Gasteiger partial charge in [-0.3, -0.25) is 0 Å². The Labute approximate surface area is 342 Å². The first-order valence-electron chi connectivity index (χ1n) is 19.9. The zero-order valence-corrected chi connectivity index (χ0v) is 32.1. The van der Waals surface area contributed by atoms with Crippen molar-refractivity contribution in [2.24, 2.45) is 0 Å². The third kappa shape index (κ3) is 6.15. The largest absolute Gasteiger partial charge is 0.231 e. The molecule has 0 radical (unpaired) electrons. The Hall–Kier alpha value is -7.95. The van der Waals surface area contributed by atoms with Gasteiger partial charge < -0.3 is 0 Å². The molecule has 0 N–H and O–H groups in total. The molecule has 0 bridgehead atoms. The fraction of sp³-hybridized carbons (Fsp3) is 0. The van der Waals surface area contributed by atoms with Crippen LogP contribution in [0.3, 0.4) is 0 Å². The predicted octanol–water partition coefficient (Wildman–Crippen LogP) is 14.1. The fourth-order valence-corrected chi connectivity index (χ4v) is 8.42. The van der Waals surface area contributed by atoms with Crippen molar-refractivity contribution in [3.8, 4) is 78.7 Å². The summed E-state index contributed by atoms with van der Waals surface area (Å²) >= 11 is 0. The average molecular weight is 753 g/mol. The third-order valence-electron chi connectivity index (χ3n) is 11.2. The summed E-state index contributed by atoms with van der Waals surface area (Å²) in [7, 11) is 0. The highest BCUT2D eigenvalue weighted by Crippen LogP contribution is 2.46. The minimum absolute atomic E-state index is 0.681. The van der Waals surface area contributed by atoms with Crippen LogP contribution in [0.25, 0.3) is 106 Å². The molecule has 3 aromatic heterocycles. The van der Waals surface area contributed by atoms with Crippen molar-refractivity contribution < 1.29 is 0 Å². The molecule has 59 heavy (non-hydrogen) atoms. The van der Waals surface area contributed by atoms with Crippen LogP contribution in [0.4, 0.5) is 0 Å². The van der Waals surface area contributed by atoms with Crippen molar-refractivity contribution in [1.82, 2.24) is 19.6 Å². The number of aromatic nitrogens is 4. The molecule has 0 amide bonds. The van der Waals surface area contributed by atoms with E-state index in [2.05, 4.69) is 187 Å². The zero-order chi connectivity index (χ0) is 39.1. The summed E-state index contributed by atoms with van der Waals surface area (Å²) in [4.78, 5) is 10.2. The standard InChI is InChI=1S/C55H36N4/c1-5-18-38(19-6-1)48-36-49(39-20-7-2-8-21-39)57-55(56-48)43-32-30-41(31-33-43)50-46-27-15-16-28-47(46)54-51(40-22-9-3-10-23-40)52(45-34-29-37-17-13-14-26-44(37)35-45)58-59(54)53(50)42-24-11-4-12-25-42/h1-36H. The van der Waals surface area contributed by atoms with Crippen molar-refractivity contribution in [3.63, 3.8) is 0 Å². The lowest BCUT2D eigenvalue weighted by Crippen LogP contribution is -2.00. The van der Waals surface area contributed by atoms with Gasteiger partial charge >= 0.3 is 0 Å². The second kappa shape index (κ2) is 14.5. The zero-order valence-electron chi connectivity index (χ0n) is 32.1. The number of fused-ring (bicyclic) bond motifs is 4. The van der Waals surface area contributed by atoms with Crippen LogP contribution in [-0.4, -0.2) is 19.6 Å². The molecule has 0 aliphatic rings. The average Bonchev–Trinajstić information content (AvgIpc) is 3.73. The van der Waals surface area contributed by atoms with E-state index >= 15 is 0 Å². The molecule has 11 aromatic rings. The van der Waals surface area contributed by atoms with Crippen LogP contribution in [0.2, 0.25) is 0 Å². The molecule has 0 saturated carbocycles. The Kier molecular flexibility index (Phi) is 8.45. The molecule has 0 saturated heterocycles. The Morgan fingerprint density at radius 2 is 0.797 bits per heavy atom. The Bertz CT molecular complexity index is 3230. The number of nitrogens with zero attached hydrogens (tertiary/aromatic N) is 4. The van der Waals surface area contributed by atoms with Crippen molar-refractivity contribution in [3.05, 3.63) is 218 Å². The first kappa shape index (κ1) is 34.3. The van der Waals surface area contributed by atoms with Crippen LogP contribution in [0.1, 0.15) is 0 Å². The van der Waals surface area contributed by atoms with Gasteiger partial charge in [-0.2, -0.15) is 5.10 Å². The van der Waals surface area contributed by atoms with Crippen LogP contribution < -0.4 is 0 Å². The second-order valence-electron chi connectivity index (χ2n) is 14.8. The Balaban J connectivity index is 1.16. The van der Waals surface area contributed by atoms with Gasteiger partial charge in [0.1, 0.15) is 5.69 Å². The van der Waals surface area contributed by atoms with E-state index in [-0.39, 0.29) is 0 Å². The van der Waals surface area contributed by atoms with Gasteiger partial charge in [-0.1, -0.05) is 206 Å². The molecular weight excluding hydrogens is 717 g/mol. The van der Waals surface area contributed by atoms with Crippen molar-refractivity contribution in [2.45, 2.75) is 0 Å². The first-order valence-corrected chi connectivity index (χ1v) is 19.9. The maximum atomic E-state index is 5.62. The number of rotatable bonds is 7. The number of pyridine rings is 1. The van der Waals surface area contributed by atoms with Gasteiger partial charge in [0.05, 0.1) is 22.6 Å². The quantitative estimate of drug-likeness (QED) is 0.163. The van der Waals surface area contributed by atoms with E-state index in [9.17, 15) is 0 Å². The highest BCUT2D eigenvalue weighted by molar-refractivity contribution is 6.15. The summed E-state index contributed by atoms with van der Waals surface area (Å²) in [6, 6.07) is 76.8.